The molecule has 2 fully saturated rings. The number of aryl methyl sites for hydroxylation is 1. The van der Waals surface area contributed by atoms with E-state index in [4.69, 9.17) is 0 Å². The number of carbonyl (C=O) groups is 3. The quantitative estimate of drug-likeness (QED) is 0.795. The van der Waals surface area contributed by atoms with Gasteiger partial charge in [0.1, 0.15) is 0 Å². The van der Waals surface area contributed by atoms with Crippen molar-refractivity contribution >= 4 is 29.2 Å². The minimum Gasteiger partial charge on any atom is -0.299 e. The second-order valence-electron chi connectivity index (χ2n) is 8.60. The molecule has 0 saturated carbocycles. The first-order valence-electron chi connectivity index (χ1n) is 10.8. The normalized spacial score (nSPS) is 20.4. The molecule has 1 aromatic heterocycles. The van der Waals surface area contributed by atoms with E-state index in [0.717, 1.165) is 25.2 Å². The predicted molar refractivity (Wildman–Crippen MR) is 117 cm³/mol. The summed E-state index contributed by atoms with van der Waals surface area (Å²) in [4.78, 5) is 40.4. The van der Waals surface area contributed by atoms with Crippen LogP contribution in [0.2, 0.25) is 0 Å². The molecule has 1 N–H and O–H groups in total. The number of piperidine rings is 1. The van der Waals surface area contributed by atoms with Gasteiger partial charge in [-0.15, -0.1) is 11.3 Å². The third-order valence-electron chi connectivity index (χ3n) is 6.54. The summed E-state index contributed by atoms with van der Waals surface area (Å²) in [5.74, 6) is 0.189. The van der Waals surface area contributed by atoms with Crippen LogP contribution in [0.5, 0.6) is 0 Å². The second-order valence-corrected chi connectivity index (χ2v) is 9.55. The summed E-state index contributed by atoms with van der Waals surface area (Å²) in [6, 6.07) is 7.68. The topological polar surface area (TPSA) is 73.0 Å². The number of hydrazine groups is 1. The zero-order valence-electron chi connectivity index (χ0n) is 17.6. The fourth-order valence-corrected chi connectivity index (χ4v) is 5.95. The standard InChI is InChI=1S/C23H26N4O3S/c1-15-7-11-31-21(15)17-4-8-25(9-5-17)13-16-2-3-19-18(12-16)14-27(22(19)29)26-10-6-20(28)24-23(26)30/h2-3,7,11-12,17H,4-6,8-10,13-14H2,1H3,(H,24,28,30). The number of benzene rings is 1. The van der Waals surface area contributed by atoms with Gasteiger partial charge in [0, 0.05) is 23.4 Å². The number of imide groups is 1. The number of fused-ring (bicyclic) bond motifs is 1. The Labute approximate surface area is 185 Å². The molecular weight excluding hydrogens is 412 g/mol. The molecule has 31 heavy (non-hydrogen) atoms. The monoisotopic (exact) mass is 438 g/mol. The molecule has 2 saturated heterocycles. The van der Waals surface area contributed by atoms with E-state index in [1.165, 1.54) is 34.0 Å². The van der Waals surface area contributed by atoms with Crippen molar-refractivity contribution in [1.82, 2.24) is 20.2 Å². The largest absolute Gasteiger partial charge is 0.342 e. The Morgan fingerprint density at radius 2 is 1.87 bits per heavy atom. The van der Waals surface area contributed by atoms with Gasteiger partial charge in [-0.1, -0.05) is 12.1 Å². The molecule has 0 radical (unpaired) electrons. The number of nitrogens with zero attached hydrogens (tertiary/aromatic N) is 3. The van der Waals surface area contributed by atoms with Gasteiger partial charge in [-0.2, -0.15) is 0 Å². The van der Waals surface area contributed by atoms with Crippen molar-refractivity contribution in [2.24, 2.45) is 0 Å². The molecule has 1 aromatic carbocycles. The summed E-state index contributed by atoms with van der Waals surface area (Å²) >= 11 is 1.88. The maximum atomic E-state index is 12.8. The van der Waals surface area contributed by atoms with Gasteiger partial charge in [0.15, 0.2) is 0 Å². The molecule has 0 aliphatic carbocycles. The second kappa shape index (κ2) is 8.09. The highest BCUT2D eigenvalue weighted by Gasteiger charge is 2.37. The smallest absolute Gasteiger partial charge is 0.299 e. The van der Waals surface area contributed by atoms with Crippen molar-refractivity contribution in [1.29, 1.82) is 0 Å². The summed E-state index contributed by atoms with van der Waals surface area (Å²) in [6.07, 6.45) is 2.57. The predicted octanol–water partition coefficient (Wildman–Crippen LogP) is 3.25. The number of hydrogen-bond acceptors (Lipinski definition) is 5. The van der Waals surface area contributed by atoms with Crippen molar-refractivity contribution < 1.29 is 14.4 Å². The van der Waals surface area contributed by atoms with Crippen molar-refractivity contribution in [2.75, 3.05) is 19.6 Å². The minimum absolute atomic E-state index is 0.182. The number of urea groups is 1. The van der Waals surface area contributed by atoms with Crippen LogP contribution >= 0.6 is 11.3 Å². The van der Waals surface area contributed by atoms with Crippen LogP contribution < -0.4 is 5.32 Å². The lowest BCUT2D eigenvalue weighted by atomic mass is 9.93. The zero-order chi connectivity index (χ0) is 21.5. The molecule has 5 rings (SSSR count). The lowest BCUT2D eigenvalue weighted by molar-refractivity contribution is -0.123. The Bertz CT molecular complexity index is 1040. The van der Waals surface area contributed by atoms with E-state index >= 15 is 0 Å². The van der Waals surface area contributed by atoms with Gasteiger partial charge in [-0.25, -0.2) is 14.8 Å². The molecule has 2 aromatic rings. The number of carbonyl (C=O) groups excluding carboxylic acids is 3. The van der Waals surface area contributed by atoms with E-state index in [1.54, 1.807) is 4.88 Å². The summed E-state index contributed by atoms with van der Waals surface area (Å²) in [7, 11) is 0. The van der Waals surface area contributed by atoms with E-state index < -0.39 is 6.03 Å². The fourth-order valence-electron chi connectivity index (χ4n) is 4.85. The zero-order valence-corrected chi connectivity index (χ0v) is 18.4. The summed E-state index contributed by atoms with van der Waals surface area (Å²) in [5.41, 5.74) is 4.19. The molecule has 0 unspecified atom stereocenters. The molecule has 3 aliphatic heterocycles. The molecule has 3 aliphatic rings. The van der Waals surface area contributed by atoms with Crippen LogP contribution in [0.25, 0.3) is 0 Å². The van der Waals surface area contributed by atoms with E-state index in [1.807, 2.05) is 23.5 Å². The van der Waals surface area contributed by atoms with Gasteiger partial charge in [-0.3, -0.25) is 19.8 Å². The number of amides is 4. The number of hydrogen-bond donors (Lipinski definition) is 1. The molecule has 8 heteroatoms. The van der Waals surface area contributed by atoms with Gasteiger partial charge in [0.25, 0.3) is 5.91 Å². The van der Waals surface area contributed by atoms with Crippen LogP contribution in [0.4, 0.5) is 4.79 Å². The maximum Gasteiger partial charge on any atom is 0.342 e. The number of nitrogens with one attached hydrogen (secondary N) is 1. The first kappa shape index (κ1) is 20.2. The number of rotatable bonds is 4. The van der Waals surface area contributed by atoms with E-state index in [9.17, 15) is 14.4 Å². The lowest BCUT2D eigenvalue weighted by Gasteiger charge is -2.33. The first-order chi connectivity index (χ1) is 15.0. The molecule has 162 valence electrons. The number of thiophene rings is 1. The molecule has 0 atom stereocenters. The van der Waals surface area contributed by atoms with Gasteiger partial charge >= 0.3 is 6.03 Å². The average molecular weight is 439 g/mol. The van der Waals surface area contributed by atoms with Crippen molar-refractivity contribution in [3.05, 3.63) is 56.8 Å². The number of likely N-dealkylation sites (tertiary alicyclic amines) is 1. The molecule has 4 heterocycles. The van der Waals surface area contributed by atoms with E-state index in [-0.39, 0.29) is 24.8 Å². The summed E-state index contributed by atoms with van der Waals surface area (Å²) in [6.45, 7) is 5.83. The molecular formula is C23H26N4O3S. The Morgan fingerprint density at radius 3 is 2.58 bits per heavy atom. The summed E-state index contributed by atoms with van der Waals surface area (Å²) < 4.78 is 0. The van der Waals surface area contributed by atoms with Crippen molar-refractivity contribution in [3.8, 4) is 0 Å². The van der Waals surface area contributed by atoms with Crippen LogP contribution in [0.3, 0.4) is 0 Å². The Balaban J connectivity index is 1.22. The van der Waals surface area contributed by atoms with E-state index in [0.29, 0.717) is 18.0 Å². The Hall–Kier alpha value is -2.71. The SMILES string of the molecule is Cc1ccsc1C1CCN(Cc2ccc3c(c2)CN(N2CCC(=O)NC2=O)C3=O)CC1. The van der Waals surface area contributed by atoms with Gasteiger partial charge < -0.3 is 0 Å². The van der Waals surface area contributed by atoms with Crippen LogP contribution in [-0.2, 0) is 17.9 Å². The van der Waals surface area contributed by atoms with Crippen LogP contribution in [0, 0.1) is 6.92 Å². The molecule has 7 nitrogen and oxygen atoms in total. The van der Waals surface area contributed by atoms with Gasteiger partial charge in [-0.05, 0) is 73.0 Å². The van der Waals surface area contributed by atoms with Crippen molar-refractivity contribution in [3.63, 3.8) is 0 Å². The minimum atomic E-state index is -0.526. The first-order valence-corrected chi connectivity index (χ1v) is 11.7. The highest BCUT2D eigenvalue weighted by Crippen LogP contribution is 2.34. The Kier molecular flexibility index (Phi) is 5.27. The van der Waals surface area contributed by atoms with Gasteiger partial charge in [0.05, 0.1) is 13.1 Å². The average Bonchev–Trinajstić information content (AvgIpc) is 3.32. The third-order valence-corrected chi connectivity index (χ3v) is 7.73. The van der Waals surface area contributed by atoms with Crippen molar-refractivity contribution in [2.45, 2.75) is 45.2 Å². The Morgan fingerprint density at radius 1 is 1.06 bits per heavy atom. The summed E-state index contributed by atoms with van der Waals surface area (Å²) in [5, 5.41) is 7.27. The van der Waals surface area contributed by atoms with Crippen LogP contribution in [0.15, 0.2) is 29.6 Å². The highest BCUT2D eigenvalue weighted by atomic mass is 32.1. The third kappa shape index (κ3) is 3.85. The molecule has 0 bridgehead atoms. The fraction of sp³-hybridized carbons (Fsp3) is 0.435. The van der Waals surface area contributed by atoms with Crippen LogP contribution in [0.1, 0.15) is 57.1 Å². The highest BCUT2D eigenvalue weighted by molar-refractivity contribution is 7.10. The molecule has 0 spiro atoms. The lowest BCUT2D eigenvalue weighted by Crippen LogP contribution is -2.56. The van der Waals surface area contributed by atoms with E-state index in [2.05, 4.69) is 34.7 Å². The van der Waals surface area contributed by atoms with Crippen LogP contribution in [-0.4, -0.2) is 52.4 Å². The van der Waals surface area contributed by atoms with Gasteiger partial charge in [0.2, 0.25) is 5.91 Å². The maximum absolute atomic E-state index is 12.8. The molecule has 4 amide bonds.